The van der Waals surface area contributed by atoms with Gasteiger partial charge < -0.3 is 9.47 Å². The first-order valence-corrected chi connectivity index (χ1v) is 12.0. The van der Waals surface area contributed by atoms with E-state index >= 15 is 0 Å². The van der Waals surface area contributed by atoms with Gasteiger partial charge in [-0.2, -0.15) is 0 Å². The number of benzene rings is 2. The lowest BCUT2D eigenvalue weighted by molar-refractivity contribution is 0.102. The second-order valence-electron chi connectivity index (χ2n) is 7.17. The lowest BCUT2D eigenvalue weighted by Crippen LogP contribution is -2.23. The number of nitrogens with one attached hydrogen (secondary N) is 2. The summed E-state index contributed by atoms with van der Waals surface area (Å²) in [5, 5.41) is 10.1. The van der Waals surface area contributed by atoms with Crippen LogP contribution in [-0.4, -0.2) is 37.7 Å². The zero-order chi connectivity index (χ0) is 23.3. The molecule has 9 nitrogen and oxygen atoms in total. The molecule has 3 rings (SSSR count). The van der Waals surface area contributed by atoms with Crippen LogP contribution in [0.25, 0.3) is 0 Å². The summed E-state index contributed by atoms with van der Waals surface area (Å²) >= 11 is 0.769. The van der Waals surface area contributed by atoms with Crippen LogP contribution in [0.2, 0.25) is 0 Å². The number of sulfonamides is 1. The molecule has 0 aliphatic rings. The highest BCUT2D eigenvalue weighted by Gasteiger charge is 2.21. The molecule has 3 aromatic rings. The van der Waals surface area contributed by atoms with E-state index in [1.807, 2.05) is 32.9 Å². The smallest absolute Gasteiger partial charge is 0.270 e. The predicted octanol–water partition coefficient (Wildman–Crippen LogP) is 3.37. The Labute approximate surface area is 190 Å². The normalized spacial score (nSPS) is 11.4. The molecule has 0 saturated carbocycles. The minimum absolute atomic E-state index is 0.0191. The van der Waals surface area contributed by atoms with Gasteiger partial charge in [-0.15, -0.1) is 10.2 Å². The van der Waals surface area contributed by atoms with Crippen molar-refractivity contribution in [3.8, 4) is 11.5 Å². The molecule has 0 atom stereocenters. The number of rotatable bonds is 9. The summed E-state index contributed by atoms with van der Waals surface area (Å²) in [7, 11) is -2.40. The molecule has 0 bridgehead atoms. The highest BCUT2D eigenvalue weighted by Crippen LogP contribution is 2.29. The molecule has 2 aromatic carbocycles. The maximum absolute atomic E-state index is 12.6. The topological polar surface area (TPSA) is 120 Å². The summed E-state index contributed by atoms with van der Waals surface area (Å²) in [6, 6.07) is 12.2. The highest BCUT2D eigenvalue weighted by molar-refractivity contribution is 7.91. The number of aryl methyl sites for hydroxylation is 1. The van der Waals surface area contributed by atoms with Crippen molar-refractivity contribution in [1.29, 1.82) is 0 Å². The second-order valence-corrected chi connectivity index (χ2v) is 10.1. The largest absolute Gasteiger partial charge is 0.493 e. The third-order valence-electron chi connectivity index (χ3n) is 4.23. The Morgan fingerprint density at radius 1 is 1.09 bits per heavy atom. The summed E-state index contributed by atoms with van der Waals surface area (Å²) in [5.41, 5.74) is 2.14. The van der Waals surface area contributed by atoms with E-state index in [1.165, 1.54) is 7.11 Å². The molecule has 2 N–H and O–H groups in total. The van der Waals surface area contributed by atoms with Crippen molar-refractivity contribution in [2.24, 2.45) is 0 Å². The van der Waals surface area contributed by atoms with Gasteiger partial charge in [-0.05, 0) is 50.6 Å². The third kappa shape index (κ3) is 6.02. The SMILES string of the molecule is COc1cc(CNS(=O)(=O)c2nnc(NC(=O)c3ccc(C)cc3)s2)ccc1OC(C)C. The molecule has 170 valence electrons. The number of nitrogens with zero attached hydrogens (tertiary/aromatic N) is 2. The summed E-state index contributed by atoms with van der Waals surface area (Å²) in [5.74, 6) is 0.688. The van der Waals surface area contributed by atoms with Gasteiger partial charge in [-0.3, -0.25) is 10.1 Å². The van der Waals surface area contributed by atoms with Gasteiger partial charge in [-0.25, -0.2) is 13.1 Å². The molecule has 0 fully saturated rings. The van der Waals surface area contributed by atoms with Crippen molar-refractivity contribution < 1.29 is 22.7 Å². The van der Waals surface area contributed by atoms with E-state index in [2.05, 4.69) is 20.2 Å². The molecule has 1 heterocycles. The van der Waals surface area contributed by atoms with Crippen molar-refractivity contribution in [3.05, 3.63) is 59.2 Å². The molecule has 0 spiro atoms. The average molecular weight is 477 g/mol. The van der Waals surface area contributed by atoms with Crippen molar-refractivity contribution in [1.82, 2.24) is 14.9 Å². The fourth-order valence-electron chi connectivity index (χ4n) is 2.66. The fourth-order valence-corrected chi connectivity index (χ4v) is 4.61. The third-order valence-corrected chi connectivity index (χ3v) is 6.83. The van der Waals surface area contributed by atoms with E-state index in [4.69, 9.17) is 9.47 Å². The molecule has 0 aliphatic heterocycles. The average Bonchev–Trinajstić information content (AvgIpc) is 3.22. The minimum Gasteiger partial charge on any atom is -0.493 e. The number of amides is 1. The van der Waals surface area contributed by atoms with Crippen LogP contribution >= 0.6 is 11.3 Å². The van der Waals surface area contributed by atoms with E-state index in [9.17, 15) is 13.2 Å². The Bertz CT molecular complexity index is 1190. The quantitative estimate of drug-likeness (QED) is 0.454. The first-order chi connectivity index (χ1) is 15.2. The van der Waals surface area contributed by atoms with Crippen molar-refractivity contribution in [2.75, 3.05) is 12.4 Å². The Kier molecular flexibility index (Phi) is 7.44. The van der Waals surface area contributed by atoms with Crippen LogP contribution in [0.3, 0.4) is 0 Å². The van der Waals surface area contributed by atoms with Crippen molar-refractivity contribution in [3.63, 3.8) is 0 Å². The fraction of sp³-hybridized carbons (Fsp3) is 0.286. The van der Waals surface area contributed by atoms with Gasteiger partial charge in [-0.1, -0.05) is 35.1 Å². The molecule has 0 radical (unpaired) electrons. The first-order valence-electron chi connectivity index (χ1n) is 9.72. The maximum Gasteiger partial charge on any atom is 0.270 e. The lowest BCUT2D eigenvalue weighted by atomic mass is 10.1. The molecule has 0 aliphatic carbocycles. The molecule has 11 heteroatoms. The number of carbonyl (C=O) groups is 1. The Balaban J connectivity index is 1.65. The highest BCUT2D eigenvalue weighted by atomic mass is 32.2. The van der Waals surface area contributed by atoms with E-state index in [-0.39, 0.29) is 22.1 Å². The molecule has 0 unspecified atom stereocenters. The van der Waals surface area contributed by atoms with Gasteiger partial charge in [0.25, 0.3) is 15.9 Å². The zero-order valence-corrected chi connectivity index (χ0v) is 19.7. The molecular weight excluding hydrogens is 452 g/mol. The van der Waals surface area contributed by atoms with Crippen LogP contribution in [0, 0.1) is 6.92 Å². The number of anilines is 1. The van der Waals surface area contributed by atoms with Crippen LogP contribution in [-0.2, 0) is 16.6 Å². The number of hydrogen-bond donors (Lipinski definition) is 2. The van der Waals surface area contributed by atoms with Gasteiger partial charge in [0.1, 0.15) is 0 Å². The number of hydrogen-bond acceptors (Lipinski definition) is 8. The Morgan fingerprint density at radius 2 is 1.81 bits per heavy atom. The Morgan fingerprint density at radius 3 is 2.47 bits per heavy atom. The van der Waals surface area contributed by atoms with Crippen molar-refractivity contribution in [2.45, 2.75) is 37.8 Å². The molecule has 1 amide bonds. The molecule has 1 aromatic heterocycles. The first kappa shape index (κ1) is 23.6. The van der Waals surface area contributed by atoms with Crippen LogP contribution in [0.15, 0.2) is 46.8 Å². The minimum atomic E-state index is -3.92. The van der Waals surface area contributed by atoms with Crippen LogP contribution in [0.1, 0.15) is 35.3 Å². The van der Waals surface area contributed by atoms with Crippen LogP contribution in [0.4, 0.5) is 5.13 Å². The van der Waals surface area contributed by atoms with Gasteiger partial charge >= 0.3 is 0 Å². The van der Waals surface area contributed by atoms with Gasteiger partial charge in [0.2, 0.25) is 9.47 Å². The summed E-state index contributed by atoms with van der Waals surface area (Å²) in [6.07, 6.45) is -0.0219. The zero-order valence-electron chi connectivity index (χ0n) is 18.1. The van der Waals surface area contributed by atoms with Crippen LogP contribution < -0.4 is 19.5 Å². The maximum atomic E-state index is 12.6. The summed E-state index contributed by atoms with van der Waals surface area (Å²) in [6.45, 7) is 5.74. The van der Waals surface area contributed by atoms with E-state index in [1.54, 1.807) is 30.3 Å². The number of methoxy groups -OCH3 is 1. The van der Waals surface area contributed by atoms with E-state index in [0.717, 1.165) is 16.9 Å². The monoisotopic (exact) mass is 476 g/mol. The van der Waals surface area contributed by atoms with Crippen LogP contribution in [0.5, 0.6) is 11.5 Å². The van der Waals surface area contributed by atoms with Gasteiger partial charge in [0.15, 0.2) is 11.5 Å². The molecular formula is C21H24N4O5S2. The van der Waals surface area contributed by atoms with E-state index in [0.29, 0.717) is 22.6 Å². The lowest BCUT2D eigenvalue weighted by Gasteiger charge is -2.14. The van der Waals surface area contributed by atoms with Crippen molar-refractivity contribution >= 4 is 32.4 Å². The number of ether oxygens (including phenoxy) is 2. The molecule has 0 saturated heterocycles. The summed E-state index contributed by atoms with van der Waals surface area (Å²) in [4.78, 5) is 12.3. The standard InChI is InChI=1S/C21H24N4O5S2/c1-13(2)30-17-10-7-15(11-18(17)29-4)12-22-32(27,28)21-25-24-20(31-21)23-19(26)16-8-5-14(3)6-9-16/h5-11,13,22H,12H2,1-4H3,(H,23,24,26). The Hall–Kier alpha value is -3.02. The predicted molar refractivity (Wildman–Crippen MR) is 122 cm³/mol. The van der Waals surface area contributed by atoms with Gasteiger partial charge in [0, 0.05) is 12.1 Å². The second kappa shape index (κ2) is 10.1. The molecule has 32 heavy (non-hydrogen) atoms. The number of aromatic nitrogens is 2. The van der Waals surface area contributed by atoms with E-state index < -0.39 is 15.9 Å². The van der Waals surface area contributed by atoms with Gasteiger partial charge in [0.05, 0.1) is 13.2 Å². The summed E-state index contributed by atoms with van der Waals surface area (Å²) < 4.78 is 38.4. The number of carbonyl (C=O) groups excluding carboxylic acids is 1.